The van der Waals surface area contributed by atoms with E-state index in [9.17, 15) is 9.59 Å². The summed E-state index contributed by atoms with van der Waals surface area (Å²) in [6.45, 7) is 2.42. The van der Waals surface area contributed by atoms with Crippen LogP contribution in [-0.4, -0.2) is 32.3 Å². The number of nitrogens with one attached hydrogen (secondary N) is 1. The predicted octanol–water partition coefficient (Wildman–Crippen LogP) is 4.50. The van der Waals surface area contributed by atoms with Crippen molar-refractivity contribution in [1.29, 1.82) is 0 Å². The number of carbonyl (C=O) groups is 1. The molecule has 158 valence electrons. The molecule has 31 heavy (non-hydrogen) atoms. The Balaban J connectivity index is 1.40. The Hall–Kier alpha value is -2.97. The standard InChI is InChI=1S/C22H19ClN4O3S/c1-12-17-19(28)25-11-26-21(17)31-18(12)22(29)27-8-2-3-16(27)20-24-10-15(30-20)9-13-4-6-14(23)7-5-13/h4-7,10-11,16H,2-3,8-9H2,1H3,(H,25,26,28). The van der Waals surface area contributed by atoms with Gasteiger partial charge < -0.3 is 14.3 Å². The molecular formula is C22H19ClN4O3S. The molecule has 0 bridgehead atoms. The number of hydrogen-bond donors (Lipinski definition) is 1. The minimum absolute atomic E-state index is 0.111. The second-order valence-electron chi connectivity index (χ2n) is 7.59. The van der Waals surface area contributed by atoms with Crippen LogP contribution < -0.4 is 5.56 Å². The number of nitrogens with zero attached hydrogens (tertiary/aromatic N) is 3. The lowest BCUT2D eigenvalue weighted by Crippen LogP contribution is -2.30. The molecule has 7 nitrogen and oxygen atoms in total. The average molecular weight is 455 g/mol. The zero-order valence-electron chi connectivity index (χ0n) is 16.7. The summed E-state index contributed by atoms with van der Waals surface area (Å²) in [5.74, 6) is 1.18. The lowest BCUT2D eigenvalue weighted by molar-refractivity contribution is 0.0719. The van der Waals surface area contributed by atoms with Gasteiger partial charge in [0.1, 0.15) is 16.6 Å². The summed E-state index contributed by atoms with van der Waals surface area (Å²) < 4.78 is 6.02. The van der Waals surface area contributed by atoms with Gasteiger partial charge in [-0.15, -0.1) is 11.3 Å². The van der Waals surface area contributed by atoms with Crippen LogP contribution >= 0.6 is 22.9 Å². The van der Waals surface area contributed by atoms with Crippen molar-refractivity contribution in [3.63, 3.8) is 0 Å². The van der Waals surface area contributed by atoms with Crippen molar-refractivity contribution < 1.29 is 9.21 Å². The fourth-order valence-corrected chi connectivity index (χ4v) is 5.27. The smallest absolute Gasteiger partial charge is 0.264 e. The summed E-state index contributed by atoms with van der Waals surface area (Å²) in [7, 11) is 0. The van der Waals surface area contributed by atoms with E-state index in [-0.39, 0.29) is 17.5 Å². The van der Waals surface area contributed by atoms with Crippen molar-refractivity contribution in [3.05, 3.63) is 79.8 Å². The number of thiophene rings is 1. The molecule has 0 aliphatic carbocycles. The topological polar surface area (TPSA) is 92.1 Å². The first-order valence-electron chi connectivity index (χ1n) is 9.98. The van der Waals surface area contributed by atoms with Gasteiger partial charge in [-0.2, -0.15) is 0 Å². The molecule has 1 aliphatic rings. The van der Waals surface area contributed by atoms with Gasteiger partial charge in [0.25, 0.3) is 11.5 Å². The van der Waals surface area contributed by atoms with Gasteiger partial charge in [0.2, 0.25) is 5.89 Å². The van der Waals surface area contributed by atoms with Crippen LogP contribution in [0.1, 0.15) is 51.3 Å². The van der Waals surface area contributed by atoms with Gasteiger partial charge in [0, 0.05) is 18.0 Å². The predicted molar refractivity (Wildman–Crippen MR) is 119 cm³/mol. The highest BCUT2D eigenvalue weighted by Gasteiger charge is 2.35. The highest BCUT2D eigenvalue weighted by Crippen LogP contribution is 2.36. The van der Waals surface area contributed by atoms with Crippen LogP contribution in [0.5, 0.6) is 0 Å². The number of aromatic nitrogens is 3. The number of likely N-dealkylation sites (tertiary alicyclic amines) is 1. The largest absolute Gasteiger partial charge is 0.443 e. The summed E-state index contributed by atoms with van der Waals surface area (Å²) in [6, 6.07) is 7.38. The Kier molecular flexibility index (Phi) is 5.11. The molecule has 1 aliphatic heterocycles. The Morgan fingerprint density at radius 2 is 2.13 bits per heavy atom. The third kappa shape index (κ3) is 3.66. The van der Waals surface area contributed by atoms with Crippen LogP contribution in [0.4, 0.5) is 0 Å². The van der Waals surface area contributed by atoms with E-state index in [1.165, 1.54) is 17.7 Å². The van der Waals surface area contributed by atoms with E-state index in [1.807, 2.05) is 24.3 Å². The molecule has 1 aromatic carbocycles. The van der Waals surface area contributed by atoms with Crippen molar-refractivity contribution in [2.24, 2.45) is 0 Å². The summed E-state index contributed by atoms with van der Waals surface area (Å²) >= 11 is 7.21. The van der Waals surface area contributed by atoms with Crippen LogP contribution in [-0.2, 0) is 6.42 Å². The number of halogens is 1. The molecule has 1 atom stereocenters. The van der Waals surface area contributed by atoms with Crippen LogP contribution in [0.2, 0.25) is 5.02 Å². The van der Waals surface area contributed by atoms with E-state index in [0.29, 0.717) is 44.5 Å². The minimum Gasteiger partial charge on any atom is -0.443 e. The van der Waals surface area contributed by atoms with E-state index in [0.717, 1.165) is 24.2 Å². The monoisotopic (exact) mass is 454 g/mol. The van der Waals surface area contributed by atoms with Crippen molar-refractivity contribution in [3.8, 4) is 0 Å². The van der Waals surface area contributed by atoms with Crippen molar-refractivity contribution in [2.75, 3.05) is 6.54 Å². The Labute approximate surface area is 186 Å². The fraction of sp³-hybridized carbons (Fsp3) is 0.273. The third-order valence-corrected chi connectivity index (χ3v) is 7.03. The Bertz CT molecular complexity index is 1320. The van der Waals surface area contributed by atoms with E-state index in [2.05, 4.69) is 15.0 Å². The van der Waals surface area contributed by atoms with Gasteiger partial charge in [-0.3, -0.25) is 9.59 Å². The molecule has 1 N–H and O–H groups in total. The maximum Gasteiger partial charge on any atom is 0.264 e. The van der Waals surface area contributed by atoms with E-state index >= 15 is 0 Å². The highest BCUT2D eigenvalue weighted by atomic mass is 35.5. The number of aromatic amines is 1. The van der Waals surface area contributed by atoms with Gasteiger partial charge in [-0.1, -0.05) is 23.7 Å². The van der Waals surface area contributed by atoms with Gasteiger partial charge >= 0.3 is 0 Å². The number of carbonyl (C=O) groups excluding carboxylic acids is 1. The zero-order chi connectivity index (χ0) is 21.5. The zero-order valence-corrected chi connectivity index (χ0v) is 18.3. The molecule has 1 saturated heterocycles. The van der Waals surface area contributed by atoms with Gasteiger partial charge in [0.05, 0.1) is 22.8 Å². The maximum absolute atomic E-state index is 13.4. The molecule has 4 heterocycles. The fourth-order valence-electron chi connectivity index (χ4n) is 4.04. The van der Waals surface area contributed by atoms with E-state index in [1.54, 1.807) is 18.0 Å². The van der Waals surface area contributed by atoms with E-state index < -0.39 is 0 Å². The van der Waals surface area contributed by atoms with Gasteiger partial charge in [-0.25, -0.2) is 9.97 Å². The summed E-state index contributed by atoms with van der Waals surface area (Å²) in [4.78, 5) is 39.7. The summed E-state index contributed by atoms with van der Waals surface area (Å²) in [5, 5.41) is 1.17. The van der Waals surface area contributed by atoms with Gasteiger partial charge in [-0.05, 0) is 43.0 Å². The average Bonchev–Trinajstić information content (AvgIpc) is 3.48. The summed E-state index contributed by atoms with van der Waals surface area (Å²) in [6.07, 6.45) is 5.35. The number of fused-ring (bicyclic) bond motifs is 1. The number of hydrogen-bond acceptors (Lipinski definition) is 6. The Morgan fingerprint density at radius 1 is 1.32 bits per heavy atom. The molecule has 4 aromatic rings. The number of oxazole rings is 1. The SMILES string of the molecule is Cc1c(C(=O)N2CCCC2c2ncc(Cc3ccc(Cl)cc3)o2)sc2nc[nH]c(=O)c12. The second-order valence-corrected chi connectivity index (χ2v) is 9.03. The molecule has 9 heteroatoms. The van der Waals surface area contributed by atoms with Crippen molar-refractivity contribution >= 4 is 39.1 Å². The molecular weight excluding hydrogens is 436 g/mol. The number of rotatable bonds is 4. The number of amides is 1. The maximum atomic E-state index is 13.4. The molecule has 0 saturated carbocycles. The third-order valence-electron chi connectivity index (χ3n) is 5.59. The first-order chi connectivity index (χ1) is 15.0. The Morgan fingerprint density at radius 3 is 2.90 bits per heavy atom. The lowest BCUT2D eigenvalue weighted by Gasteiger charge is -2.22. The highest BCUT2D eigenvalue weighted by molar-refractivity contribution is 7.20. The first-order valence-corrected chi connectivity index (χ1v) is 11.2. The summed E-state index contributed by atoms with van der Waals surface area (Å²) in [5.41, 5.74) is 1.52. The van der Waals surface area contributed by atoms with Crippen LogP contribution in [0.15, 0.2) is 46.0 Å². The van der Waals surface area contributed by atoms with Crippen LogP contribution in [0.25, 0.3) is 10.2 Å². The molecule has 0 radical (unpaired) electrons. The van der Waals surface area contributed by atoms with Crippen LogP contribution in [0.3, 0.4) is 0 Å². The normalized spacial score (nSPS) is 16.3. The number of aryl methyl sites for hydroxylation is 1. The molecule has 1 amide bonds. The molecule has 5 rings (SSSR count). The molecule has 1 unspecified atom stereocenters. The van der Waals surface area contributed by atoms with Crippen molar-refractivity contribution in [1.82, 2.24) is 19.9 Å². The molecule has 0 spiro atoms. The first kappa shape index (κ1) is 20.0. The van der Waals surface area contributed by atoms with Crippen LogP contribution in [0, 0.1) is 6.92 Å². The van der Waals surface area contributed by atoms with E-state index in [4.69, 9.17) is 16.0 Å². The number of benzene rings is 1. The second kappa shape index (κ2) is 7.94. The quantitative estimate of drug-likeness (QED) is 0.490. The van der Waals surface area contributed by atoms with Crippen molar-refractivity contribution in [2.45, 2.75) is 32.2 Å². The molecule has 1 fully saturated rings. The lowest BCUT2D eigenvalue weighted by atomic mass is 10.1. The number of H-pyrrole nitrogens is 1. The molecule has 3 aromatic heterocycles. The van der Waals surface area contributed by atoms with Gasteiger partial charge in [0.15, 0.2) is 0 Å². The minimum atomic E-state index is -0.227.